The van der Waals surface area contributed by atoms with Crippen LogP contribution in [-0.4, -0.2) is 30.4 Å². The van der Waals surface area contributed by atoms with Gasteiger partial charge in [-0.3, -0.25) is 0 Å². The van der Waals surface area contributed by atoms with Gasteiger partial charge in [-0.2, -0.15) is 0 Å². The van der Waals surface area contributed by atoms with Crippen LogP contribution in [0.3, 0.4) is 0 Å². The van der Waals surface area contributed by atoms with Crippen LogP contribution >= 0.6 is 0 Å². The highest BCUT2D eigenvalue weighted by atomic mass is 16.6. The number of para-hydroxylation sites is 1. The first-order valence-electron chi connectivity index (χ1n) is 10.1. The van der Waals surface area contributed by atoms with Gasteiger partial charge in [0, 0.05) is 5.56 Å². The van der Waals surface area contributed by atoms with E-state index < -0.39 is 6.10 Å². The van der Waals surface area contributed by atoms with Crippen molar-refractivity contribution in [3.63, 3.8) is 0 Å². The molecule has 4 heteroatoms. The van der Waals surface area contributed by atoms with Gasteiger partial charge in [0.05, 0.1) is 12.7 Å². The van der Waals surface area contributed by atoms with Crippen LogP contribution in [-0.2, 0) is 9.53 Å². The number of hydrogen-bond donors (Lipinski definition) is 1. The molecule has 1 unspecified atom stereocenters. The average Bonchev–Trinajstić information content (AvgIpc) is 2.67. The van der Waals surface area contributed by atoms with Gasteiger partial charge in [-0.05, 0) is 19.4 Å². The maximum Gasteiger partial charge on any atom is 0.344 e. The van der Waals surface area contributed by atoms with E-state index in [4.69, 9.17) is 9.47 Å². The number of allylic oxidation sites excluding steroid dienone is 2. The SMILES string of the molecule is CCCCCCCCC(O)C=CC=Cc1ccccc1OCC(=O)OCC. The molecule has 0 spiro atoms. The summed E-state index contributed by atoms with van der Waals surface area (Å²) < 4.78 is 10.4. The number of aliphatic hydroxyl groups is 1. The zero-order valence-corrected chi connectivity index (χ0v) is 16.7. The molecule has 0 fully saturated rings. The number of benzene rings is 1. The Morgan fingerprint density at radius 3 is 2.59 bits per heavy atom. The lowest BCUT2D eigenvalue weighted by Crippen LogP contribution is -2.14. The molecular weight excluding hydrogens is 340 g/mol. The first kappa shape index (κ1) is 23.0. The highest BCUT2D eigenvalue weighted by Gasteiger charge is 2.05. The van der Waals surface area contributed by atoms with E-state index in [2.05, 4.69) is 6.92 Å². The Bertz CT molecular complexity index is 577. The van der Waals surface area contributed by atoms with Crippen molar-refractivity contribution in [3.05, 3.63) is 48.1 Å². The van der Waals surface area contributed by atoms with E-state index >= 15 is 0 Å². The number of hydrogen-bond acceptors (Lipinski definition) is 4. The first-order chi connectivity index (χ1) is 13.2. The minimum absolute atomic E-state index is 0.106. The van der Waals surface area contributed by atoms with Crippen molar-refractivity contribution in [3.8, 4) is 5.75 Å². The summed E-state index contributed by atoms with van der Waals surface area (Å²) >= 11 is 0. The summed E-state index contributed by atoms with van der Waals surface area (Å²) in [5.74, 6) is 0.247. The highest BCUT2D eigenvalue weighted by Crippen LogP contribution is 2.19. The molecule has 150 valence electrons. The standard InChI is InChI=1S/C23H34O4/c1-3-5-6-7-8-9-16-21(24)17-12-10-14-20-15-11-13-18-22(20)27-19-23(25)26-4-2/h10-15,17-18,21,24H,3-9,16,19H2,1-2H3. The summed E-state index contributed by atoms with van der Waals surface area (Å²) in [7, 11) is 0. The van der Waals surface area contributed by atoms with Crippen LogP contribution in [0, 0.1) is 0 Å². The van der Waals surface area contributed by atoms with Crippen LogP contribution in [0.25, 0.3) is 6.08 Å². The summed E-state index contributed by atoms with van der Waals surface area (Å²) in [6, 6.07) is 7.50. The molecule has 0 aliphatic rings. The molecule has 0 saturated carbocycles. The van der Waals surface area contributed by atoms with Crippen LogP contribution in [0.1, 0.15) is 64.4 Å². The molecule has 0 aromatic heterocycles. The normalized spacial score (nSPS) is 12.6. The minimum atomic E-state index is -0.406. The van der Waals surface area contributed by atoms with E-state index in [1.54, 1.807) is 6.92 Å². The average molecular weight is 375 g/mol. The largest absolute Gasteiger partial charge is 0.481 e. The topological polar surface area (TPSA) is 55.8 Å². The number of carbonyl (C=O) groups excluding carboxylic acids is 1. The Hall–Kier alpha value is -2.07. The van der Waals surface area contributed by atoms with Gasteiger partial charge in [0.2, 0.25) is 0 Å². The lowest BCUT2D eigenvalue weighted by atomic mass is 10.1. The number of carbonyl (C=O) groups is 1. The summed E-state index contributed by atoms with van der Waals surface area (Å²) in [6.07, 6.45) is 15.2. The fourth-order valence-electron chi connectivity index (χ4n) is 2.67. The summed E-state index contributed by atoms with van der Waals surface area (Å²) in [5, 5.41) is 10.0. The van der Waals surface area contributed by atoms with Gasteiger partial charge < -0.3 is 14.6 Å². The molecular formula is C23H34O4. The Balaban J connectivity index is 2.38. The zero-order valence-electron chi connectivity index (χ0n) is 16.7. The maximum absolute atomic E-state index is 11.4. The minimum Gasteiger partial charge on any atom is -0.481 e. The van der Waals surface area contributed by atoms with E-state index in [1.807, 2.05) is 48.6 Å². The summed E-state index contributed by atoms with van der Waals surface area (Å²) in [6.45, 7) is 4.22. The molecule has 27 heavy (non-hydrogen) atoms. The molecule has 1 N–H and O–H groups in total. The quantitative estimate of drug-likeness (QED) is 0.272. The molecule has 0 amide bonds. The third-order valence-corrected chi connectivity index (χ3v) is 4.14. The van der Waals surface area contributed by atoms with Crippen molar-refractivity contribution in [2.45, 2.75) is 64.9 Å². The third kappa shape index (κ3) is 11.3. The van der Waals surface area contributed by atoms with Crippen molar-refractivity contribution < 1.29 is 19.4 Å². The molecule has 0 radical (unpaired) electrons. The number of aliphatic hydroxyl groups excluding tert-OH is 1. The van der Waals surface area contributed by atoms with Crippen LogP contribution in [0.5, 0.6) is 5.75 Å². The van der Waals surface area contributed by atoms with E-state index in [0.29, 0.717) is 12.4 Å². The smallest absolute Gasteiger partial charge is 0.344 e. The number of rotatable bonds is 14. The van der Waals surface area contributed by atoms with Crippen molar-refractivity contribution >= 4 is 12.0 Å². The molecule has 0 saturated heterocycles. The third-order valence-electron chi connectivity index (χ3n) is 4.14. The molecule has 0 aliphatic heterocycles. The molecule has 1 atom stereocenters. The van der Waals surface area contributed by atoms with Crippen LogP contribution in [0.4, 0.5) is 0 Å². The second kappa shape index (κ2) is 15.0. The Morgan fingerprint density at radius 1 is 1.07 bits per heavy atom. The lowest BCUT2D eigenvalue weighted by molar-refractivity contribution is -0.145. The van der Waals surface area contributed by atoms with Crippen LogP contribution in [0.2, 0.25) is 0 Å². The number of unbranched alkanes of at least 4 members (excludes halogenated alkanes) is 5. The fourth-order valence-corrected chi connectivity index (χ4v) is 2.67. The molecule has 1 aromatic rings. The summed E-state index contributed by atoms with van der Waals surface area (Å²) in [5.41, 5.74) is 0.872. The van der Waals surface area contributed by atoms with E-state index in [1.165, 1.54) is 32.1 Å². The van der Waals surface area contributed by atoms with Gasteiger partial charge in [0.1, 0.15) is 5.75 Å². The monoisotopic (exact) mass is 374 g/mol. The predicted octanol–water partition coefficient (Wildman–Crippen LogP) is 5.31. The fraction of sp³-hybridized carbons (Fsp3) is 0.522. The second-order valence-electron chi connectivity index (χ2n) is 6.50. The van der Waals surface area contributed by atoms with Gasteiger partial charge in [0.25, 0.3) is 0 Å². The van der Waals surface area contributed by atoms with Crippen molar-refractivity contribution in [1.29, 1.82) is 0 Å². The van der Waals surface area contributed by atoms with Gasteiger partial charge in [0.15, 0.2) is 6.61 Å². The molecule has 0 heterocycles. The molecule has 1 aromatic carbocycles. The Kier molecular flexibility index (Phi) is 12.8. The highest BCUT2D eigenvalue weighted by molar-refractivity contribution is 5.71. The molecule has 1 rings (SSSR count). The molecule has 0 aliphatic carbocycles. The van der Waals surface area contributed by atoms with Gasteiger partial charge in [-0.1, -0.05) is 88.0 Å². The number of ether oxygens (including phenoxy) is 2. The Labute approximate surface area is 163 Å². The van der Waals surface area contributed by atoms with Crippen LogP contribution in [0.15, 0.2) is 42.5 Å². The van der Waals surface area contributed by atoms with Crippen molar-refractivity contribution in [2.75, 3.05) is 13.2 Å². The first-order valence-corrected chi connectivity index (χ1v) is 10.1. The van der Waals surface area contributed by atoms with E-state index in [9.17, 15) is 9.90 Å². The van der Waals surface area contributed by atoms with E-state index in [0.717, 1.165) is 18.4 Å². The van der Waals surface area contributed by atoms with Gasteiger partial charge >= 0.3 is 5.97 Å². The zero-order chi connectivity index (χ0) is 19.7. The van der Waals surface area contributed by atoms with Crippen molar-refractivity contribution in [2.24, 2.45) is 0 Å². The maximum atomic E-state index is 11.4. The van der Waals surface area contributed by atoms with Crippen molar-refractivity contribution in [1.82, 2.24) is 0 Å². The predicted molar refractivity (Wildman–Crippen MR) is 111 cm³/mol. The van der Waals surface area contributed by atoms with Gasteiger partial charge in [-0.25, -0.2) is 4.79 Å². The van der Waals surface area contributed by atoms with Crippen LogP contribution < -0.4 is 4.74 Å². The molecule has 0 bridgehead atoms. The lowest BCUT2D eigenvalue weighted by Gasteiger charge is -2.08. The number of esters is 1. The van der Waals surface area contributed by atoms with E-state index in [-0.39, 0.29) is 12.6 Å². The Morgan fingerprint density at radius 2 is 1.81 bits per heavy atom. The second-order valence-corrected chi connectivity index (χ2v) is 6.50. The summed E-state index contributed by atoms with van der Waals surface area (Å²) in [4.78, 5) is 11.4. The molecule has 4 nitrogen and oxygen atoms in total. The van der Waals surface area contributed by atoms with Gasteiger partial charge in [-0.15, -0.1) is 0 Å².